The monoisotopic (exact) mass is 614 g/mol. The minimum Gasteiger partial charge on any atom is -0.491 e. The molecule has 0 aliphatic heterocycles. The number of benzene rings is 3. The lowest BCUT2D eigenvalue weighted by molar-refractivity contribution is -0.144. The number of ether oxygens (including phenoxy) is 7. The van der Waals surface area contributed by atoms with Gasteiger partial charge >= 0.3 is 17.9 Å². The van der Waals surface area contributed by atoms with Crippen LogP contribution in [0.5, 0.6) is 17.2 Å². The zero-order valence-electron chi connectivity index (χ0n) is 24.0. The number of hydrogen-bond acceptors (Lipinski definition) is 10. The minimum absolute atomic E-state index is 0.158. The fourth-order valence-corrected chi connectivity index (χ4v) is 3.72. The van der Waals surface area contributed by atoms with E-state index in [0.29, 0.717) is 55.8 Å². The predicted octanol–water partition coefficient (Wildman–Crippen LogP) is 5.10. The summed E-state index contributed by atoms with van der Waals surface area (Å²) in [6.07, 6.45) is 0.177. The van der Waals surface area contributed by atoms with Gasteiger partial charge in [0.05, 0.1) is 38.4 Å². The van der Waals surface area contributed by atoms with E-state index in [-0.39, 0.29) is 44.1 Å². The van der Waals surface area contributed by atoms with Gasteiger partial charge in [0.15, 0.2) is 0 Å². The Morgan fingerprint density at radius 2 is 1.05 bits per heavy atom. The highest BCUT2D eigenvalue weighted by molar-refractivity contribution is 6.18. The van der Waals surface area contributed by atoms with Crippen LogP contribution in [0.2, 0.25) is 0 Å². The molecule has 3 aromatic rings. The molecular formula is C32H35ClO10. The summed E-state index contributed by atoms with van der Waals surface area (Å²) in [7, 11) is 0. The first-order valence-corrected chi connectivity index (χ1v) is 14.3. The molecule has 0 aliphatic rings. The van der Waals surface area contributed by atoms with Gasteiger partial charge in [-0.25, -0.2) is 4.79 Å². The Morgan fingerprint density at radius 1 is 0.581 bits per heavy atom. The Kier molecular flexibility index (Phi) is 14.9. The Morgan fingerprint density at radius 3 is 1.60 bits per heavy atom. The van der Waals surface area contributed by atoms with Crippen LogP contribution in [-0.4, -0.2) is 76.6 Å². The summed E-state index contributed by atoms with van der Waals surface area (Å²) in [5, 5.41) is 0. The fraction of sp³-hybridized carbons (Fsp3) is 0.344. The molecule has 0 N–H and O–H groups in total. The molecule has 0 unspecified atom stereocenters. The van der Waals surface area contributed by atoms with E-state index in [1.165, 1.54) is 6.92 Å². The van der Waals surface area contributed by atoms with E-state index < -0.39 is 5.97 Å². The van der Waals surface area contributed by atoms with Crippen molar-refractivity contribution in [2.45, 2.75) is 13.3 Å². The molecule has 0 aliphatic carbocycles. The zero-order valence-corrected chi connectivity index (χ0v) is 24.7. The van der Waals surface area contributed by atoms with Gasteiger partial charge in [-0.1, -0.05) is 24.3 Å². The molecule has 11 heteroatoms. The number of alkyl halides is 1. The summed E-state index contributed by atoms with van der Waals surface area (Å²) in [6.45, 7) is 3.80. The fourth-order valence-electron chi connectivity index (χ4n) is 3.56. The molecule has 3 aromatic carbocycles. The predicted molar refractivity (Wildman–Crippen MR) is 159 cm³/mol. The van der Waals surface area contributed by atoms with Crippen LogP contribution in [0.1, 0.15) is 23.7 Å². The van der Waals surface area contributed by atoms with Crippen LogP contribution in [-0.2, 0) is 28.5 Å². The van der Waals surface area contributed by atoms with Gasteiger partial charge in [-0.3, -0.25) is 9.59 Å². The first-order chi connectivity index (χ1) is 20.9. The Bertz CT molecular complexity index is 1260. The van der Waals surface area contributed by atoms with Crippen molar-refractivity contribution >= 4 is 29.5 Å². The average Bonchev–Trinajstić information content (AvgIpc) is 3.01. The van der Waals surface area contributed by atoms with Gasteiger partial charge in [0.1, 0.15) is 43.7 Å². The highest BCUT2D eigenvalue weighted by atomic mass is 35.5. The molecule has 0 aromatic heterocycles. The lowest BCUT2D eigenvalue weighted by Crippen LogP contribution is -2.13. The van der Waals surface area contributed by atoms with Gasteiger partial charge < -0.3 is 33.2 Å². The number of hydrogen-bond donors (Lipinski definition) is 0. The van der Waals surface area contributed by atoms with E-state index >= 15 is 0 Å². The Labute approximate surface area is 255 Å². The van der Waals surface area contributed by atoms with Crippen LogP contribution in [0.25, 0.3) is 11.1 Å². The molecular weight excluding hydrogens is 580 g/mol. The SMILES string of the molecule is CC(=O)OCCOCCOCCOc1ccc(C(=O)Oc2ccc(-c3ccc(OCCOC(=O)CCCl)cc3)cc2)cc1. The Hall–Kier alpha value is -4.12. The smallest absolute Gasteiger partial charge is 0.343 e. The van der Waals surface area contributed by atoms with E-state index in [0.717, 1.165) is 11.1 Å². The topological polar surface area (TPSA) is 116 Å². The van der Waals surface area contributed by atoms with Crippen molar-refractivity contribution in [3.8, 4) is 28.4 Å². The van der Waals surface area contributed by atoms with Crippen LogP contribution in [0.4, 0.5) is 0 Å². The van der Waals surface area contributed by atoms with Gasteiger partial charge in [0, 0.05) is 12.8 Å². The number of carbonyl (C=O) groups is 3. The van der Waals surface area contributed by atoms with E-state index in [9.17, 15) is 14.4 Å². The molecule has 230 valence electrons. The van der Waals surface area contributed by atoms with Crippen LogP contribution >= 0.6 is 11.6 Å². The molecule has 0 heterocycles. The summed E-state index contributed by atoms with van der Waals surface area (Å²) >= 11 is 5.50. The second-order valence-corrected chi connectivity index (χ2v) is 9.26. The van der Waals surface area contributed by atoms with E-state index in [2.05, 4.69) is 0 Å². The Balaban J connectivity index is 1.34. The summed E-state index contributed by atoms with van der Waals surface area (Å²) in [5.41, 5.74) is 2.30. The third kappa shape index (κ3) is 13.2. The molecule has 0 saturated carbocycles. The maximum Gasteiger partial charge on any atom is 0.343 e. The highest BCUT2D eigenvalue weighted by Crippen LogP contribution is 2.25. The molecule has 0 atom stereocenters. The zero-order chi connectivity index (χ0) is 30.7. The van der Waals surface area contributed by atoms with Crippen molar-refractivity contribution in [3.63, 3.8) is 0 Å². The standard InChI is InChI=1S/C32H35ClO10/c1-24(34)39-20-18-37-16-17-38-19-21-40-29-10-6-27(7-11-29)32(36)43-30-12-4-26(5-13-30)25-2-8-28(9-3-25)41-22-23-42-31(35)14-15-33/h2-13H,14-23H2,1H3. The summed E-state index contributed by atoms with van der Waals surface area (Å²) < 4.78 is 37.2. The summed E-state index contributed by atoms with van der Waals surface area (Å²) in [5.74, 6) is 0.746. The maximum absolute atomic E-state index is 12.6. The molecule has 0 saturated heterocycles. The van der Waals surface area contributed by atoms with Crippen LogP contribution in [0.15, 0.2) is 72.8 Å². The van der Waals surface area contributed by atoms with Gasteiger partial charge in [-0.15, -0.1) is 11.6 Å². The van der Waals surface area contributed by atoms with Crippen molar-refractivity contribution in [1.29, 1.82) is 0 Å². The van der Waals surface area contributed by atoms with Crippen molar-refractivity contribution in [1.82, 2.24) is 0 Å². The second kappa shape index (κ2) is 19.1. The normalized spacial score (nSPS) is 10.6. The van der Waals surface area contributed by atoms with E-state index in [1.807, 2.05) is 36.4 Å². The number of carbonyl (C=O) groups excluding carboxylic acids is 3. The molecule has 0 fully saturated rings. The summed E-state index contributed by atoms with van der Waals surface area (Å²) in [6, 6.07) is 21.3. The van der Waals surface area contributed by atoms with Gasteiger partial charge in [0.25, 0.3) is 0 Å². The minimum atomic E-state index is -0.480. The maximum atomic E-state index is 12.6. The molecule has 0 bridgehead atoms. The number of esters is 3. The van der Waals surface area contributed by atoms with E-state index in [4.69, 9.17) is 44.8 Å². The molecule has 0 amide bonds. The van der Waals surface area contributed by atoms with Gasteiger partial charge in [-0.05, 0) is 59.7 Å². The third-order valence-electron chi connectivity index (χ3n) is 5.66. The molecule has 3 rings (SSSR count). The third-order valence-corrected chi connectivity index (χ3v) is 5.85. The van der Waals surface area contributed by atoms with Crippen molar-refractivity contribution in [2.75, 3.05) is 58.7 Å². The average molecular weight is 615 g/mol. The van der Waals surface area contributed by atoms with Crippen molar-refractivity contribution in [2.24, 2.45) is 0 Å². The quantitative estimate of drug-likeness (QED) is 0.0781. The lowest BCUT2D eigenvalue weighted by atomic mass is 10.1. The molecule has 43 heavy (non-hydrogen) atoms. The number of halogens is 1. The highest BCUT2D eigenvalue weighted by Gasteiger charge is 2.10. The molecule has 0 radical (unpaired) electrons. The van der Waals surface area contributed by atoms with Crippen LogP contribution < -0.4 is 14.2 Å². The largest absolute Gasteiger partial charge is 0.491 e. The first kappa shape index (κ1) is 33.4. The van der Waals surface area contributed by atoms with Crippen LogP contribution in [0, 0.1) is 0 Å². The lowest BCUT2D eigenvalue weighted by Gasteiger charge is -2.09. The summed E-state index contributed by atoms with van der Waals surface area (Å²) in [4.78, 5) is 34.5. The van der Waals surface area contributed by atoms with Gasteiger partial charge in [-0.2, -0.15) is 0 Å². The second-order valence-electron chi connectivity index (χ2n) is 8.88. The van der Waals surface area contributed by atoms with Gasteiger partial charge in [0.2, 0.25) is 0 Å². The van der Waals surface area contributed by atoms with Crippen molar-refractivity contribution < 1.29 is 47.5 Å². The number of rotatable bonds is 19. The first-order valence-electron chi connectivity index (χ1n) is 13.7. The molecule has 0 spiro atoms. The van der Waals surface area contributed by atoms with Crippen molar-refractivity contribution in [3.05, 3.63) is 78.4 Å². The molecule has 10 nitrogen and oxygen atoms in total. The van der Waals surface area contributed by atoms with Crippen LogP contribution in [0.3, 0.4) is 0 Å². The van der Waals surface area contributed by atoms with E-state index in [1.54, 1.807) is 36.4 Å².